The SMILES string of the molecule is Cc1nc(C(N)c2cccc(F)c2F)sc1C. The van der Waals surface area contributed by atoms with E-state index < -0.39 is 17.7 Å². The molecule has 0 aliphatic carbocycles. The van der Waals surface area contributed by atoms with E-state index in [0.29, 0.717) is 5.01 Å². The first-order valence-electron chi connectivity index (χ1n) is 5.14. The van der Waals surface area contributed by atoms with Gasteiger partial charge in [0.1, 0.15) is 5.01 Å². The summed E-state index contributed by atoms with van der Waals surface area (Å²) in [6.45, 7) is 3.79. The molecule has 0 saturated heterocycles. The van der Waals surface area contributed by atoms with E-state index in [1.165, 1.54) is 23.5 Å². The number of benzene rings is 1. The van der Waals surface area contributed by atoms with Crippen molar-refractivity contribution in [1.29, 1.82) is 0 Å². The van der Waals surface area contributed by atoms with Gasteiger partial charge in [-0.2, -0.15) is 0 Å². The van der Waals surface area contributed by atoms with Crippen molar-refractivity contribution in [3.8, 4) is 0 Å². The highest BCUT2D eigenvalue weighted by molar-refractivity contribution is 7.11. The number of nitrogens with two attached hydrogens (primary N) is 1. The third-order valence-corrected chi connectivity index (χ3v) is 3.78. The molecule has 1 heterocycles. The summed E-state index contributed by atoms with van der Waals surface area (Å²) in [5.41, 5.74) is 6.92. The molecule has 0 aliphatic rings. The fourth-order valence-corrected chi connectivity index (χ4v) is 2.47. The highest BCUT2D eigenvalue weighted by atomic mass is 32.1. The van der Waals surface area contributed by atoms with Crippen molar-refractivity contribution in [2.45, 2.75) is 19.9 Å². The highest BCUT2D eigenvalue weighted by Gasteiger charge is 2.19. The van der Waals surface area contributed by atoms with Crippen LogP contribution in [0.15, 0.2) is 18.2 Å². The van der Waals surface area contributed by atoms with E-state index in [1.807, 2.05) is 13.8 Å². The Morgan fingerprint density at radius 2 is 2.00 bits per heavy atom. The zero-order chi connectivity index (χ0) is 12.6. The Balaban J connectivity index is 2.43. The summed E-state index contributed by atoms with van der Waals surface area (Å²) >= 11 is 1.41. The Kier molecular flexibility index (Phi) is 3.22. The van der Waals surface area contributed by atoms with Crippen molar-refractivity contribution >= 4 is 11.3 Å². The lowest BCUT2D eigenvalue weighted by Gasteiger charge is -2.10. The first-order chi connectivity index (χ1) is 8.00. The van der Waals surface area contributed by atoms with Gasteiger partial charge in [0.25, 0.3) is 0 Å². The van der Waals surface area contributed by atoms with Crippen LogP contribution in [-0.2, 0) is 0 Å². The molecule has 2 aromatic rings. The van der Waals surface area contributed by atoms with Gasteiger partial charge in [-0.05, 0) is 19.9 Å². The van der Waals surface area contributed by atoms with Crippen molar-refractivity contribution in [2.75, 3.05) is 0 Å². The Hall–Kier alpha value is -1.33. The maximum atomic E-state index is 13.6. The van der Waals surface area contributed by atoms with Gasteiger partial charge in [0, 0.05) is 10.4 Å². The van der Waals surface area contributed by atoms with Crippen LogP contribution in [0.25, 0.3) is 0 Å². The van der Waals surface area contributed by atoms with E-state index in [1.54, 1.807) is 0 Å². The van der Waals surface area contributed by atoms with Gasteiger partial charge in [-0.3, -0.25) is 0 Å². The van der Waals surface area contributed by atoms with E-state index in [4.69, 9.17) is 5.73 Å². The molecule has 0 aliphatic heterocycles. The molecule has 1 unspecified atom stereocenters. The number of nitrogens with zero attached hydrogens (tertiary/aromatic N) is 1. The average Bonchev–Trinajstić information content (AvgIpc) is 2.62. The Bertz CT molecular complexity index is 532. The minimum Gasteiger partial charge on any atom is -0.318 e. The van der Waals surface area contributed by atoms with Crippen LogP contribution in [0.4, 0.5) is 8.78 Å². The van der Waals surface area contributed by atoms with E-state index in [9.17, 15) is 8.78 Å². The summed E-state index contributed by atoms with van der Waals surface area (Å²) in [6.07, 6.45) is 0. The first kappa shape index (κ1) is 12.1. The van der Waals surface area contributed by atoms with Gasteiger partial charge >= 0.3 is 0 Å². The molecule has 1 aromatic carbocycles. The highest BCUT2D eigenvalue weighted by Crippen LogP contribution is 2.28. The van der Waals surface area contributed by atoms with Crippen molar-refractivity contribution in [2.24, 2.45) is 5.73 Å². The first-order valence-corrected chi connectivity index (χ1v) is 5.95. The zero-order valence-electron chi connectivity index (χ0n) is 9.50. The molecule has 90 valence electrons. The zero-order valence-corrected chi connectivity index (χ0v) is 10.3. The lowest BCUT2D eigenvalue weighted by molar-refractivity contribution is 0.494. The molecule has 2 N–H and O–H groups in total. The second-order valence-electron chi connectivity index (χ2n) is 3.81. The van der Waals surface area contributed by atoms with Crippen molar-refractivity contribution in [3.05, 3.63) is 51.0 Å². The normalized spacial score (nSPS) is 12.8. The van der Waals surface area contributed by atoms with Crippen molar-refractivity contribution in [1.82, 2.24) is 4.98 Å². The lowest BCUT2D eigenvalue weighted by Crippen LogP contribution is -2.14. The molecular formula is C12H12F2N2S. The molecule has 5 heteroatoms. The standard InChI is InChI=1S/C12H12F2N2S/c1-6-7(2)17-12(16-6)11(15)8-4-3-5-9(13)10(8)14/h3-5,11H,15H2,1-2H3. The predicted octanol–water partition coefficient (Wildman–Crippen LogP) is 3.09. The van der Waals surface area contributed by atoms with Crippen LogP contribution in [0.2, 0.25) is 0 Å². The second kappa shape index (κ2) is 4.50. The van der Waals surface area contributed by atoms with Crippen molar-refractivity contribution in [3.63, 3.8) is 0 Å². The third-order valence-electron chi connectivity index (χ3n) is 2.63. The number of aromatic nitrogens is 1. The summed E-state index contributed by atoms with van der Waals surface area (Å²) < 4.78 is 26.7. The van der Waals surface area contributed by atoms with Gasteiger partial charge in [-0.15, -0.1) is 11.3 Å². The Morgan fingerprint density at radius 3 is 2.59 bits per heavy atom. The van der Waals surface area contributed by atoms with Crippen LogP contribution in [0, 0.1) is 25.5 Å². The molecule has 2 rings (SSSR count). The van der Waals surface area contributed by atoms with Gasteiger partial charge in [-0.25, -0.2) is 13.8 Å². The number of thiazole rings is 1. The van der Waals surface area contributed by atoms with Gasteiger partial charge in [0.2, 0.25) is 0 Å². The van der Waals surface area contributed by atoms with E-state index in [2.05, 4.69) is 4.98 Å². The quantitative estimate of drug-likeness (QED) is 0.894. The van der Waals surface area contributed by atoms with Gasteiger partial charge in [0.15, 0.2) is 11.6 Å². The van der Waals surface area contributed by atoms with Crippen LogP contribution in [0.5, 0.6) is 0 Å². The Labute approximate surface area is 102 Å². The number of aryl methyl sites for hydroxylation is 2. The predicted molar refractivity (Wildman–Crippen MR) is 64.0 cm³/mol. The van der Waals surface area contributed by atoms with Crippen LogP contribution in [0.1, 0.15) is 27.2 Å². The molecule has 0 bridgehead atoms. The number of hydrogen-bond acceptors (Lipinski definition) is 3. The van der Waals surface area contributed by atoms with Gasteiger partial charge in [-0.1, -0.05) is 12.1 Å². The summed E-state index contributed by atoms with van der Waals surface area (Å²) in [4.78, 5) is 5.30. The molecule has 0 spiro atoms. The lowest BCUT2D eigenvalue weighted by atomic mass is 10.1. The molecule has 17 heavy (non-hydrogen) atoms. The van der Waals surface area contributed by atoms with Gasteiger partial charge < -0.3 is 5.73 Å². The average molecular weight is 254 g/mol. The third kappa shape index (κ3) is 2.21. The molecule has 1 aromatic heterocycles. The van der Waals surface area contributed by atoms with Crippen molar-refractivity contribution < 1.29 is 8.78 Å². The molecule has 1 atom stereocenters. The number of hydrogen-bond donors (Lipinski definition) is 1. The maximum Gasteiger partial charge on any atom is 0.164 e. The summed E-state index contributed by atoms with van der Waals surface area (Å²) in [5.74, 6) is -1.78. The summed E-state index contributed by atoms with van der Waals surface area (Å²) in [7, 11) is 0. The van der Waals surface area contributed by atoms with Crippen LogP contribution in [-0.4, -0.2) is 4.98 Å². The minimum atomic E-state index is -0.898. The smallest absolute Gasteiger partial charge is 0.164 e. The van der Waals surface area contributed by atoms with E-state index in [0.717, 1.165) is 16.6 Å². The Morgan fingerprint density at radius 1 is 1.29 bits per heavy atom. The minimum absolute atomic E-state index is 0.138. The van der Waals surface area contributed by atoms with Gasteiger partial charge in [0.05, 0.1) is 11.7 Å². The topological polar surface area (TPSA) is 38.9 Å². The molecule has 0 amide bonds. The fraction of sp³-hybridized carbons (Fsp3) is 0.250. The maximum absolute atomic E-state index is 13.6. The summed E-state index contributed by atoms with van der Waals surface area (Å²) in [5, 5.41) is 0.601. The monoisotopic (exact) mass is 254 g/mol. The fourth-order valence-electron chi connectivity index (χ4n) is 1.52. The molecule has 0 fully saturated rings. The molecule has 0 saturated carbocycles. The largest absolute Gasteiger partial charge is 0.318 e. The van der Waals surface area contributed by atoms with E-state index >= 15 is 0 Å². The molecule has 0 radical (unpaired) electrons. The second-order valence-corrected chi connectivity index (χ2v) is 5.05. The molecule has 2 nitrogen and oxygen atoms in total. The number of halogens is 2. The van der Waals surface area contributed by atoms with Crippen LogP contribution >= 0.6 is 11.3 Å². The van der Waals surface area contributed by atoms with E-state index in [-0.39, 0.29) is 5.56 Å². The summed E-state index contributed by atoms with van der Waals surface area (Å²) in [6, 6.07) is 3.28. The molecular weight excluding hydrogens is 242 g/mol. The van der Waals surface area contributed by atoms with Crippen LogP contribution < -0.4 is 5.73 Å². The number of rotatable bonds is 2. The van der Waals surface area contributed by atoms with Crippen LogP contribution in [0.3, 0.4) is 0 Å².